The highest BCUT2D eigenvalue weighted by atomic mass is 16.1. The molecule has 1 aliphatic carbocycles. The summed E-state index contributed by atoms with van der Waals surface area (Å²) in [6.07, 6.45) is 7.61. The quantitative estimate of drug-likeness (QED) is 0.778. The Morgan fingerprint density at radius 2 is 2.12 bits per heavy atom. The molecule has 0 bridgehead atoms. The molecule has 0 spiro atoms. The van der Waals surface area contributed by atoms with E-state index in [4.69, 9.17) is 0 Å². The second-order valence-electron chi connectivity index (χ2n) is 4.50. The molecule has 1 heterocycles. The molecule has 86 valence electrons. The van der Waals surface area contributed by atoms with Crippen LogP contribution in [0.3, 0.4) is 0 Å². The first-order valence-corrected chi connectivity index (χ1v) is 5.89. The van der Waals surface area contributed by atoms with E-state index in [9.17, 15) is 4.79 Å². The third-order valence-corrected chi connectivity index (χ3v) is 3.24. The van der Waals surface area contributed by atoms with Crippen LogP contribution in [-0.2, 0) is 11.3 Å². The van der Waals surface area contributed by atoms with Gasteiger partial charge in [-0.15, -0.1) is 0 Å². The molecule has 3 nitrogen and oxygen atoms in total. The average molecular weight is 218 g/mol. The summed E-state index contributed by atoms with van der Waals surface area (Å²) >= 11 is 0. The molecule has 0 N–H and O–H groups in total. The molecule has 16 heavy (non-hydrogen) atoms. The van der Waals surface area contributed by atoms with Crippen LogP contribution >= 0.6 is 0 Å². The van der Waals surface area contributed by atoms with Gasteiger partial charge < -0.3 is 0 Å². The summed E-state index contributed by atoms with van der Waals surface area (Å²) in [7, 11) is 2.04. The highest BCUT2D eigenvalue weighted by Crippen LogP contribution is 2.20. The van der Waals surface area contributed by atoms with Gasteiger partial charge in [-0.3, -0.25) is 14.7 Å². The van der Waals surface area contributed by atoms with Gasteiger partial charge in [0.1, 0.15) is 5.78 Å². The van der Waals surface area contributed by atoms with E-state index in [1.807, 2.05) is 19.2 Å². The maximum atomic E-state index is 11.8. The van der Waals surface area contributed by atoms with Gasteiger partial charge in [-0.2, -0.15) is 0 Å². The number of hydrogen-bond acceptors (Lipinski definition) is 3. The number of carbonyl (C=O) groups excluding carboxylic acids is 1. The maximum absolute atomic E-state index is 11.8. The van der Waals surface area contributed by atoms with Crippen molar-refractivity contribution >= 4 is 5.78 Å². The Hall–Kier alpha value is -1.22. The molecule has 1 aliphatic rings. The van der Waals surface area contributed by atoms with Crippen LogP contribution in [0.25, 0.3) is 0 Å². The summed E-state index contributed by atoms with van der Waals surface area (Å²) in [6.45, 7) is 0.832. The van der Waals surface area contributed by atoms with Crippen LogP contribution in [0.2, 0.25) is 0 Å². The number of rotatable bonds is 3. The minimum absolute atomic E-state index is 0.127. The first-order valence-electron chi connectivity index (χ1n) is 5.89. The highest BCUT2D eigenvalue weighted by Gasteiger charge is 2.25. The minimum Gasteiger partial charge on any atom is -0.298 e. The first-order chi connectivity index (χ1) is 7.77. The van der Waals surface area contributed by atoms with E-state index in [1.165, 1.54) is 12.0 Å². The van der Waals surface area contributed by atoms with Gasteiger partial charge in [0.2, 0.25) is 0 Å². The van der Waals surface area contributed by atoms with Gasteiger partial charge >= 0.3 is 0 Å². The number of nitrogens with zero attached hydrogens (tertiary/aromatic N) is 2. The van der Waals surface area contributed by atoms with Gasteiger partial charge in [0.05, 0.1) is 6.04 Å². The Morgan fingerprint density at radius 3 is 2.81 bits per heavy atom. The Balaban J connectivity index is 1.97. The Kier molecular flexibility index (Phi) is 3.67. The van der Waals surface area contributed by atoms with E-state index in [1.54, 1.807) is 12.4 Å². The average Bonchev–Trinajstić information content (AvgIpc) is 2.31. The largest absolute Gasteiger partial charge is 0.298 e. The standard InChI is InChI=1S/C13H18N2O/c1-15(10-11-6-8-14-9-7-11)12-4-2-3-5-13(12)16/h6-9,12H,2-5,10H2,1H3. The van der Waals surface area contributed by atoms with Crippen molar-refractivity contribution in [2.75, 3.05) is 7.05 Å². The summed E-state index contributed by atoms with van der Waals surface area (Å²) in [4.78, 5) is 17.9. The van der Waals surface area contributed by atoms with Crippen LogP contribution < -0.4 is 0 Å². The molecule has 3 heteroatoms. The lowest BCUT2D eigenvalue weighted by Crippen LogP contribution is -2.39. The predicted octanol–water partition coefficient (Wildman–Crippen LogP) is 2.03. The first kappa shape index (κ1) is 11.3. The van der Waals surface area contributed by atoms with Crippen molar-refractivity contribution in [2.24, 2.45) is 0 Å². The summed E-state index contributed by atoms with van der Waals surface area (Å²) in [5.41, 5.74) is 1.22. The van der Waals surface area contributed by atoms with Gasteiger partial charge in [0, 0.05) is 25.4 Å². The van der Waals surface area contributed by atoms with Crippen LogP contribution in [0.15, 0.2) is 24.5 Å². The highest BCUT2D eigenvalue weighted by molar-refractivity contribution is 5.84. The number of pyridine rings is 1. The van der Waals surface area contributed by atoms with Crippen LogP contribution in [-0.4, -0.2) is 28.8 Å². The van der Waals surface area contributed by atoms with Crippen molar-refractivity contribution in [1.82, 2.24) is 9.88 Å². The summed E-state index contributed by atoms with van der Waals surface area (Å²) in [5, 5.41) is 0. The van der Waals surface area contributed by atoms with Gasteiger partial charge in [0.25, 0.3) is 0 Å². The van der Waals surface area contributed by atoms with E-state index in [0.29, 0.717) is 5.78 Å². The van der Waals surface area contributed by atoms with Crippen molar-refractivity contribution in [3.05, 3.63) is 30.1 Å². The molecule has 0 radical (unpaired) electrons. The Morgan fingerprint density at radius 1 is 1.38 bits per heavy atom. The zero-order chi connectivity index (χ0) is 11.4. The van der Waals surface area contributed by atoms with Crippen LogP contribution in [0.1, 0.15) is 31.2 Å². The molecule has 1 unspecified atom stereocenters. The Bertz CT molecular complexity index is 350. The molecule has 1 saturated carbocycles. The van der Waals surface area contributed by atoms with Crippen molar-refractivity contribution in [3.63, 3.8) is 0 Å². The molecule has 2 rings (SSSR count). The molecular weight excluding hydrogens is 200 g/mol. The normalized spacial score (nSPS) is 21.4. The predicted molar refractivity (Wildman–Crippen MR) is 63.0 cm³/mol. The van der Waals surface area contributed by atoms with E-state index < -0.39 is 0 Å². The number of ketones is 1. The molecule has 0 saturated heterocycles. The van der Waals surface area contributed by atoms with Crippen LogP contribution in [0.4, 0.5) is 0 Å². The fraction of sp³-hybridized carbons (Fsp3) is 0.538. The van der Waals surface area contributed by atoms with Gasteiger partial charge in [-0.1, -0.05) is 6.42 Å². The van der Waals surface area contributed by atoms with E-state index in [0.717, 1.165) is 25.8 Å². The number of hydrogen-bond donors (Lipinski definition) is 0. The number of aromatic nitrogens is 1. The third-order valence-electron chi connectivity index (χ3n) is 3.24. The summed E-state index contributed by atoms with van der Waals surface area (Å²) in [5.74, 6) is 0.405. The smallest absolute Gasteiger partial charge is 0.149 e. The van der Waals surface area contributed by atoms with E-state index in [2.05, 4.69) is 9.88 Å². The number of Topliss-reactive ketones (excluding diaryl/α,β-unsaturated/α-hetero) is 1. The second-order valence-corrected chi connectivity index (χ2v) is 4.50. The zero-order valence-electron chi connectivity index (χ0n) is 9.72. The topological polar surface area (TPSA) is 33.2 Å². The molecule has 0 amide bonds. The lowest BCUT2D eigenvalue weighted by molar-refractivity contribution is -0.125. The minimum atomic E-state index is 0.127. The summed E-state index contributed by atoms with van der Waals surface area (Å²) < 4.78 is 0. The lowest BCUT2D eigenvalue weighted by atomic mass is 9.93. The number of carbonyl (C=O) groups is 1. The van der Waals surface area contributed by atoms with Crippen molar-refractivity contribution in [3.8, 4) is 0 Å². The van der Waals surface area contributed by atoms with Gasteiger partial charge in [0.15, 0.2) is 0 Å². The molecule has 1 fully saturated rings. The SMILES string of the molecule is CN(Cc1ccncc1)C1CCCCC1=O. The van der Waals surface area contributed by atoms with Crippen molar-refractivity contribution in [2.45, 2.75) is 38.3 Å². The van der Waals surface area contributed by atoms with Gasteiger partial charge in [-0.25, -0.2) is 0 Å². The van der Waals surface area contributed by atoms with Crippen LogP contribution in [0.5, 0.6) is 0 Å². The second kappa shape index (κ2) is 5.21. The van der Waals surface area contributed by atoms with Gasteiger partial charge in [-0.05, 0) is 37.6 Å². The molecule has 1 aromatic rings. The third kappa shape index (κ3) is 2.67. The van der Waals surface area contributed by atoms with Crippen molar-refractivity contribution < 1.29 is 4.79 Å². The summed E-state index contributed by atoms with van der Waals surface area (Å²) in [6, 6.07) is 4.13. The lowest BCUT2D eigenvalue weighted by Gasteiger charge is -2.29. The molecular formula is C13H18N2O. The maximum Gasteiger partial charge on any atom is 0.149 e. The fourth-order valence-electron chi connectivity index (χ4n) is 2.32. The Labute approximate surface area is 96.5 Å². The molecule has 0 aliphatic heterocycles. The fourth-order valence-corrected chi connectivity index (χ4v) is 2.32. The van der Waals surface area contributed by atoms with Crippen molar-refractivity contribution in [1.29, 1.82) is 0 Å². The monoisotopic (exact) mass is 218 g/mol. The zero-order valence-corrected chi connectivity index (χ0v) is 9.72. The van der Waals surface area contributed by atoms with E-state index in [-0.39, 0.29) is 6.04 Å². The van der Waals surface area contributed by atoms with Crippen LogP contribution in [0, 0.1) is 0 Å². The molecule has 1 atom stereocenters. The molecule has 0 aromatic carbocycles. The van der Waals surface area contributed by atoms with E-state index >= 15 is 0 Å². The molecule has 1 aromatic heterocycles. The number of likely N-dealkylation sites (N-methyl/N-ethyl adjacent to an activating group) is 1.